The molecule has 0 radical (unpaired) electrons. The second kappa shape index (κ2) is 2.63. The molecule has 0 aromatic carbocycles. The maximum Gasteiger partial charge on any atom is 0.156 e. The molecule has 0 unspecified atom stereocenters. The van der Waals surface area contributed by atoms with Gasteiger partial charge in [-0.1, -0.05) is 33.3 Å². The van der Waals surface area contributed by atoms with Crippen molar-refractivity contribution in [1.29, 1.82) is 0 Å². The molecule has 1 spiro atoms. The first-order valence-electron chi connectivity index (χ1n) is 6.55. The molecule has 3 rings (SSSR count). The molecule has 0 heterocycles. The number of carbonyl (C=O) groups excluding carboxylic acids is 1. The smallest absolute Gasteiger partial charge is 0.156 e. The second-order valence-corrected chi connectivity index (χ2v) is 7.33. The van der Waals surface area contributed by atoms with Gasteiger partial charge in [0.05, 0.1) is 0 Å². The van der Waals surface area contributed by atoms with Crippen molar-refractivity contribution < 1.29 is 4.79 Å². The van der Waals surface area contributed by atoms with Crippen LogP contribution in [0.15, 0.2) is 11.6 Å². The first-order valence-corrected chi connectivity index (χ1v) is 6.55. The highest BCUT2D eigenvalue weighted by Crippen LogP contribution is 2.73. The summed E-state index contributed by atoms with van der Waals surface area (Å²) in [5.74, 6) is 1.16. The molecule has 16 heavy (non-hydrogen) atoms. The quantitative estimate of drug-likeness (QED) is 0.605. The number of ketones is 1. The Morgan fingerprint density at radius 2 is 1.94 bits per heavy atom. The van der Waals surface area contributed by atoms with Gasteiger partial charge in [0.15, 0.2) is 5.78 Å². The first kappa shape index (κ1) is 10.6. The van der Waals surface area contributed by atoms with Gasteiger partial charge < -0.3 is 0 Å². The molecule has 3 aliphatic rings. The highest BCUT2D eigenvalue weighted by atomic mass is 16.1. The molecule has 0 aromatic rings. The second-order valence-electron chi connectivity index (χ2n) is 7.33. The minimum absolute atomic E-state index is 0.177. The summed E-state index contributed by atoms with van der Waals surface area (Å²) in [6, 6.07) is 0. The summed E-state index contributed by atoms with van der Waals surface area (Å²) in [4.78, 5) is 11.9. The summed E-state index contributed by atoms with van der Waals surface area (Å²) in [6.07, 6.45) is 6.75. The fraction of sp³-hybridized carbons (Fsp3) is 0.800. The molecular formula is C15H22O. The van der Waals surface area contributed by atoms with Crippen molar-refractivity contribution in [2.45, 2.75) is 53.4 Å². The number of hydrogen-bond acceptors (Lipinski definition) is 1. The van der Waals surface area contributed by atoms with Crippen LogP contribution in [0.3, 0.4) is 0 Å². The van der Waals surface area contributed by atoms with E-state index in [1.807, 2.05) is 6.08 Å². The lowest BCUT2D eigenvalue weighted by Gasteiger charge is -2.50. The average molecular weight is 218 g/mol. The number of allylic oxidation sites excluding steroid dienone is 2. The van der Waals surface area contributed by atoms with Gasteiger partial charge in [0, 0.05) is 6.42 Å². The molecule has 0 aromatic heterocycles. The molecule has 0 amide bonds. The van der Waals surface area contributed by atoms with Crippen LogP contribution in [0.5, 0.6) is 0 Å². The van der Waals surface area contributed by atoms with E-state index >= 15 is 0 Å². The minimum atomic E-state index is 0.177. The van der Waals surface area contributed by atoms with E-state index < -0.39 is 0 Å². The van der Waals surface area contributed by atoms with Crippen molar-refractivity contribution >= 4 is 5.78 Å². The summed E-state index contributed by atoms with van der Waals surface area (Å²) in [7, 11) is 0. The predicted octanol–water partition coefficient (Wildman–Crippen LogP) is 3.74. The monoisotopic (exact) mass is 218 g/mol. The summed E-state index contributed by atoms with van der Waals surface area (Å²) in [6.45, 7) is 9.31. The lowest BCUT2D eigenvalue weighted by molar-refractivity contribution is -0.119. The van der Waals surface area contributed by atoms with Crippen LogP contribution in [-0.4, -0.2) is 5.78 Å². The van der Waals surface area contributed by atoms with Gasteiger partial charge >= 0.3 is 0 Å². The first-order chi connectivity index (χ1) is 7.30. The van der Waals surface area contributed by atoms with Gasteiger partial charge in [0.2, 0.25) is 0 Å². The number of fused-ring (bicyclic) bond motifs is 1. The van der Waals surface area contributed by atoms with Gasteiger partial charge in [-0.3, -0.25) is 4.79 Å². The van der Waals surface area contributed by atoms with E-state index in [9.17, 15) is 4.79 Å². The zero-order valence-corrected chi connectivity index (χ0v) is 10.9. The summed E-state index contributed by atoms with van der Waals surface area (Å²) in [5, 5.41) is 0. The van der Waals surface area contributed by atoms with Crippen molar-refractivity contribution in [1.82, 2.24) is 0 Å². The molecular weight excluding hydrogens is 196 g/mol. The van der Waals surface area contributed by atoms with Crippen LogP contribution in [0.2, 0.25) is 0 Å². The Bertz CT molecular complexity index is 400. The molecule has 2 bridgehead atoms. The van der Waals surface area contributed by atoms with E-state index in [4.69, 9.17) is 0 Å². The van der Waals surface area contributed by atoms with Crippen molar-refractivity contribution in [2.75, 3.05) is 0 Å². The highest BCUT2D eigenvalue weighted by Gasteiger charge is 2.64. The van der Waals surface area contributed by atoms with Gasteiger partial charge in [-0.15, -0.1) is 0 Å². The lowest BCUT2D eigenvalue weighted by atomic mass is 9.53. The summed E-state index contributed by atoms with van der Waals surface area (Å²) >= 11 is 0. The molecule has 88 valence electrons. The summed E-state index contributed by atoms with van der Waals surface area (Å²) in [5.41, 5.74) is 2.29. The Kier molecular flexibility index (Phi) is 1.73. The zero-order valence-electron chi connectivity index (χ0n) is 10.9. The van der Waals surface area contributed by atoms with Crippen molar-refractivity contribution in [3.05, 3.63) is 11.6 Å². The molecule has 0 aliphatic heterocycles. The van der Waals surface area contributed by atoms with E-state index in [-0.39, 0.29) is 10.8 Å². The SMILES string of the molecule is CC1(C)C2=CC(=O)CC(C)(C)[C@@]23CC[C@@H]1C3. The van der Waals surface area contributed by atoms with E-state index in [2.05, 4.69) is 27.7 Å². The minimum Gasteiger partial charge on any atom is -0.295 e. The molecule has 2 fully saturated rings. The van der Waals surface area contributed by atoms with Gasteiger partial charge in [-0.05, 0) is 47.5 Å². The normalized spacial score (nSPS) is 43.1. The Hall–Kier alpha value is -0.590. The van der Waals surface area contributed by atoms with Gasteiger partial charge in [-0.2, -0.15) is 0 Å². The maximum atomic E-state index is 11.9. The average Bonchev–Trinajstić information content (AvgIpc) is 2.63. The van der Waals surface area contributed by atoms with Crippen molar-refractivity contribution in [2.24, 2.45) is 22.2 Å². The number of rotatable bonds is 0. The van der Waals surface area contributed by atoms with Crippen LogP contribution >= 0.6 is 0 Å². The summed E-state index contributed by atoms with van der Waals surface area (Å²) < 4.78 is 0. The van der Waals surface area contributed by atoms with Crippen LogP contribution in [0, 0.1) is 22.2 Å². The third-order valence-electron chi connectivity index (χ3n) is 5.96. The number of carbonyl (C=O) groups is 1. The molecule has 2 atom stereocenters. The van der Waals surface area contributed by atoms with E-state index in [1.165, 1.54) is 24.8 Å². The van der Waals surface area contributed by atoms with Crippen LogP contribution < -0.4 is 0 Å². The van der Waals surface area contributed by atoms with E-state index in [1.54, 1.807) is 0 Å². The molecule has 3 aliphatic carbocycles. The van der Waals surface area contributed by atoms with Crippen LogP contribution in [0.1, 0.15) is 53.4 Å². The molecule has 2 saturated carbocycles. The Balaban J connectivity index is 2.22. The Morgan fingerprint density at radius 1 is 1.25 bits per heavy atom. The van der Waals surface area contributed by atoms with Crippen LogP contribution in [0.25, 0.3) is 0 Å². The predicted molar refractivity (Wildman–Crippen MR) is 65.0 cm³/mol. The molecule has 1 heteroatoms. The van der Waals surface area contributed by atoms with Crippen LogP contribution in [-0.2, 0) is 4.79 Å². The largest absolute Gasteiger partial charge is 0.295 e. The van der Waals surface area contributed by atoms with Gasteiger partial charge in [0.25, 0.3) is 0 Å². The maximum absolute atomic E-state index is 11.9. The lowest BCUT2D eigenvalue weighted by Crippen LogP contribution is -2.43. The Labute approximate surface area is 98.3 Å². The van der Waals surface area contributed by atoms with E-state index in [0.717, 1.165) is 12.3 Å². The Morgan fingerprint density at radius 3 is 2.62 bits per heavy atom. The topological polar surface area (TPSA) is 17.1 Å². The van der Waals surface area contributed by atoms with Crippen molar-refractivity contribution in [3.8, 4) is 0 Å². The van der Waals surface area contributed by atoms with Crippen molar-refractivity contribution in [3.63, 3.8) is 0 Å². The third-order valence-corrected chi connectivity index (χ3v) is 5.96. The van der Waals surface area contributed by atoms with E-state index in [0.29, 0.717) is 11.2 Å². The molecule has 0 saturated heterocycles. The fourth-order valence-corrected chi connectivity index (χ4v) is 4.86. The van der Waals surface area contributed by atoms with Gasteiger partial charge in [0.1, 0.15) is 0 Å². The zero-order chi connectivity index (χ0) is 11.8. The standard InChI is InChI=1S/C15H22O/c1-13(2)9-11(16)7-12-14(3,4)10-5-6-15(12,13)8-10/h7,10H,5-6,8-9H2,1-4H3/t10-,15-/m1/s1. The fourth-order valence-electron chi connectivity index (χ4n) is 4.86. The highest BCUT2D eigenvalue weighted by molar-refractivity contribution is 5.93. The van der Waals surface area contributed by atoms with Crippen LogP contribution in [0.4, 0.5) is 0 Å². The molecule has 1 nitrogen and oxygen atoms in total. The number of hydrogen-bond donors (Lipinski definition) is 0. The third kappa shape index (κ3) is 0.959. The molecule has 0 N–H and O–H groups in total. The van der Waals surface area contributed by atoms with Gasteiger partial charge in [-0.25, -0.2) is 0 Å².